The van der Waals surface area contributed by atoms with Gasteiger partial charge in [-0.1, -0.05) is 0 Å². The molecular weight excluding hydrogens is 290 g/mol. The molecule has 0 saturated carbocycles. The summed E-state index contributed by atoms with van der Waals surface area (Å²) in [6, 6.07) is 5.90. The Balaban J connectivity index is 0.00000200. The van der Waals surface area contributed by atoms with Gasteiger partial charge in [0.1, 0.15) is 5.75 Å². The summed E-state index contributed by atoms with van der Waals surface area (Å²) in [6.07, 6.45) is 0. The van der Waals surface area contributed by atoms with Crippen LogP contribution in [0.3, 0.4) is 0 Å². The number of nitrogens with one attached hydrogen (secondary N) is 1. The molecule has 20 heavy (non-hydrogen) atoms. The third kappa shape index (κ3) is 4.05. The molecule has 1 aliphatic rings. The summed E-state index contributed by atoms with van der Waals surface area (Å²) in [6.45, 7) is 1.30. The molecule has 0 bridgehead atoms. The van der Waals surface area contributed by atoms with E-state index in [1.54, 1.807) is 4.90 Å². The molecule has 1 amide bonds. The van der Waals surface area contributed by atoms with Crippen LogP contribution in [0, 0.1) is 0 Å². The highest BCUT2D eigenvalue weighted by Gasteiger charge is 2.23. The van der Waals surface area contributed by atoms with E-state index in [1.807, 2.05) is 6.92 Å². The summed E-state index contributed by atoms with van der Waals surface area (Å²) in [5, 5.41) is 3.20. The molecule has 1 unspecified atom stereocenters. The van der Waals surface area contributed by atoms with Crippen LogP contribution in [0.15, 0.2) is 24.3 Å². The molecule has 1 fully saturated rings. The summed E-state index contributed by atoms with van der Waals surface area (Å²) >= 11 is 0. The number of hydrogen-bond donors (Lipinski definition) is 1. The first-order valence-corrected chi connectivity index (χ1v) is 6.14. The van der Waals surface area contributed by atoms with Crippen molar-refractivity contribution in [2.45, 2.75) is 19.6 Å². The highest BCUT2D eigenvalue weighted by Crippen LogP contribution is 2.17. The number of rotatable bonds is 3. The van der Waals surface area contributed by atoms with Gasteiger partial charge in [0.05, 0.1) is 0 Å². The predicted molar refractivity (Wildman–Crippen MR) is 73.7 cm³/mol. The molecular formula is C13H17ClF2N2O2. The number of amides is 1. The number of nitrogens with zero attached hydrogens (tertiary/aromatic N) is 1. The Morgan fingerprint density at radius 3 is 2.60 bits per heavy atom. The number of piperazine rings is 1. The number of hydrogen-bond acceptors (Lipinski definition) is 3. The minimum absolute atomic E-state index is 0. The monoisotopic (exact) mass is 306 g/mol. The van der Waals surface area contributed by atoms with Crippen molar-refractivity contribution < 1.29 is 18.3 Å². The Labute approximate surface area is 122 Å². The van der Waals surface area contributed by atoms with E-state index in [-0.39, 0.29) is 30.1 Å². The van der Waals surface area contributed by atoms with Gasteiger partial charge in [0.25, 0.3) is 5.91 Å². The lowest BCUT2D eigenvalue weighted by molar-refractivity contribution is -0.0498. The predicted octanol–water partition coefficient (Wildman–Crippen LogP) is 2.14. The molecule has 4 nitrogen and oxygen atoms in total. The zero-order chi connectivity index (χ0) is 13.8. The van der Waals surface area contributed by atoms with Crippen LogP contribution in [-0.4, -0.2) is 43.1 Å². The topological polar surface area (TPSA) is 41.6 Å². The summed E-state index contributed by atoms with van der Waals surface area (Å²) in [4.78, 5) is 14.0. The van der Waals surface area contributed by atoms with Gasteiger partial charge in [-0.05, 0) is 31.2 Å². The number of benzene rings is 1. The second kappa shape index (κ2) is 7.40. The Morgan fingerprint density at radius 1 is 1.40 bits per heavy atom. The minimum Gasteiger partial charge on any atom is -0.435 e. The number of alkyl halides is 2. The molecule has 0 aromatic heterocycles. The van der Waals surface area contributed by atoms with E-state index in [0.29, 0.717) is 12.1 Å². The van der Waals surface area contributed by atoms with Gasteiger partial charge in [-0.2, -0.15) is 8.78 Å². The number of carbonyl (C=O) groups is 1. The van der Waals surface area contributed by atoms with E-state index in [2.05, 4.69) is 10.1 Å². The second-order valence-electron chi connectivity index (χ2n) is 4.45. The standard InChI is InChI=1S/C13H16F2N2O2.ClH/c1-9-8-16-6-7-17(9)12(18)10-2-4-11(5-3-10)19-13(14)15;/h2-5,9,13,16H,6-8H2,1H3;1H. The van der Waals surface area contributed by atoms with Gasteiger partial charge in [-0.15, -0.1) is 12.4 Å². The van der Waals surface area contributed by atoms with Gasteiger partial charge in [0.2, 0.25) is 0 Å². The lowest BCUT2D eigenvalue weighted by Crippen LogP contribution is -2.52. The Hall–Kier alpha value is -1.40. The van der Waals surface area contributed by atoms with Gasteiger partial charge in [0.15, 0.2) is 0 Å². The van der Waals surface area contributed by atoms with Gasteiger partial charge in [-0.25, -0.2) is 0 Å². The minimum atomic E-state index is -2.85. The van der Waals surface area contributed by atoms with Crippen LogP contribution >= 0.6 is 12.4 Å². The number of carbonyl (C=O) groups excluding carboxylic acids is 1. The maximum absolute atomic E-state index is 12.3. The Morgan fingerprint density at radius 2 is 2.05 bits per heavy atom. The van der Waals surface area contributed by atoms with Crippen LogP contribution in [0.1, 0.15) is 17.3 Å². The molecule has 7 heteroatoms. The van der Waals surface area contributed by atoms with E-state index < -0.39 is 6.61 Å². The molecule has 1 aromatic carbocycles. The molecule has 112 valence electrons. The Bertz CT molecular complexity index is 443. The molecule has 1 heterocycles. The average Bonchev–Trinajstić information content (AvgIpc) is 2.39. The summed E-state index contributed by atoms with van der Waals surface area (Å²) < 4.78 is 28.3. The molecule has 0 radical (unpaired) electrons. The maximum atomic E-state index is 12.3. The van der Waals surface area contributed by atoms with Gasteiger partial charge >= 0.3 is 6.61 Å². The van der Waals surface area contributed by atoms with Crippen LogP contribution in [0.5, 0.6) is 5.75 Å². The van der Waals surface area contributed by atoms with Gasteiger partial charge in [0, 0.05) is 31.2 Å². The molecule has 1 N–H and O–H groups in total. The van der Waals surface area contributed by atoms with Crippen LogP contribution in [0.25, 0.3) is 0 Å². The van der Waals surface area contributed by atoms with Crippen molar-refractivity contribution in [1.82, 2.24) is 10.2 Å². The van der Waals surface area contributed by atoms with Crippen LogP contribution < -0.4 is 10.1 Å². The fourth-order valence-corrected chi connectivity index (χ4v) is 2.09. The van der Waals surface area contributed by atoms with Crippen molar-refractivity contribution >= 4 is 18.3 Å². The summed E-state index contributed by atoms with van der Waals surface area (Å²) in [5.74, 6) is -0.0301. The number of halogens is 3. The zero-order valence-electron chi connectivity index (χ0n) is 11.0. The Kier molecular flexibility index (Phi) is 6.16. The van der Waals surface area contributed by atoms with Crippen LogP contribution in [0.2, 0.25) is 0 Å². The first-order chi connectivity index (χ1) is 9.08. The summed E-state index contributed by atoms with van der Waals surface area (Å²) in [7, 11) is 0. The van der Waals surface area contributed by atoms with Gasteiger partial charge < -0.3 is 15.0 Å². The second-order valence-corrected chi connectivity index (χ2v) is 4.45. The molecule has 1 aromatic rings. The lowest BCUT2D eigenvalue weighted by atomic mass is 10.1. The third-order valence-electron chi connectivity index (χ3n) is 3.09. The van der Waals surface area contributed by atoms with E-state index in [9.17, 15) is 13.6 Å². The molecule has 0 aliphatic carbocycles. The summed E-state index contributed by atoms with van der Waals surface area (Å²) in [5.41, 5.74) is 0.482. The van der Waals surface area contributed by atoms with Crippen molar-refractivity contribution in [3.05, 3.63) is 29.8 Å². The lowest BCUT2D eigenvalue weighted by Gasteiger charge is -2.34. The van der Waals surface area contributed by atoms with Crippen molar-refractivity contribution in [3.8, 4) is 5.75 Å². The third-order valence-corrected chi connectivity index (χ3v) is 3.09. The largest absolute Gasteiger partial charge is 0.435 e. The van der Waals surface area contributed by atoms with E-state index >= 15 is 0 Å². The van der Waals surface area contributed by atoms with E-state index in [0.717, 1.165) is 13.1 Å². The van der Waals surface area contributed by atoms with Crippen molar-refractivity contribution in [3.63, 3.8) is 0 Å². The van der Waals surface area contributed by atoms with Crippen LogP contribution in [-0.2, 0) is 0 Å². The zero-order valence-corrected chi connectivity index (χ0v) is 11.8. The van der Waals surface area contributed by atoms with E-state index in [4.69, 9.17) is 0 Å². The van der Waals surface area contributed by atoms with Gasteiger partial charge in [-0.3, -0.25) is 4.79 Å². The molecule has 1 atom stereocenters. The fraction of sp³-hybridized carbons (Fsp3) is 0.462. The molecule has 2 rings (SSSR count). The van der Waals surface area contributed by atoms with Crippen LogP contribution in [0.4, 0.5) is 8.78 Å². The maximum Gasteiger partial charge on any atom is 0.387 e. The number of ether oxygens (including phenoxy) is 1. The average molecular weight is 307 g/mol. The van der Waals surface area contributed by atoms with Crippen molar-refractivity contribution in [2.75, 3.05) is 19.6 Å². The SMILES string of the molecule is CC1CNCCN1C(=O)c1ccc(OC(F)F)cc1.Cl. The first-order valence-electron chi connectivity index (χ1n) is 6.14. The molecule has 0 spiro atoms. The quantitative estimate of drug-likeness (QED) is 0.930. The fourth-order valence-electron chi connectivity index (χ4n) is 2.09. The highest BCUT2D eigenvalue weighted by molar-refractivity contribution is 5.94. The smallest absolute Gasteiger partial charge is 0.387 e. The molecule has 1 saturated heterocycles. The van der Waals surface area contributed by atoms with Crippen molar-refractivity contribution in [2.24, 2.45) is 0 Å². The van der Waals surface area contributed by atoms with E-state index in [1.165, 1.54) is 24.3 Å². The van der Waals surface area contributed by atoms with Crippen molar-refractivity contribution in [1.29, 1.82) is 0 Å². The highest BCUT2D eigenvalue weighted by atomic mass is 35.5. The molecule has 1 aliphatic heterocycles. The normalized spacial score (nSPS) is 18.6. The first kappa shape index (κ1) is 16.7.